The highest BCUT2D eigenvalue weighted by Gasteiger charge is 2.18. The van der Waals surface area contributed by atoms with Crippen molar-refractivity contribution < 1.29 is 18.0 Å². The van der Waals surface area contributed by atoms with Gasteiger partial charge >= 0.3 is 0 Å². The summed E-state index contributed by atoms with van der Waals surface area (Å²) >= 11 is 0. The molecule has 0 saturated carbocycles. The topological polar surface area (TPSA) is 132 Å². The van der Waals surface area contributed by atoms with Crippen molar-refractivity contribution in [3.05, 3.63) is 29.8 Å². The van der Waals surface area contributed by atoms with Gasteiger partial charge in [0.15, 0.2) is 0 Å². The Hall–Kier alpha value is -1.93. The maximum absolute atomic E-state index is 11.8. The third-order valence-electron chi connectivity index (χ3n) is 2.59. The van der Waals surface area contributed by atoms with Crippen LogP contribution < -0.4 is 16.8 Å². The van der Waals surface area contributed by atoms with E-state index in [4.69, 9.17) is 11.5 Å². The molecule has 0 aromatic heterocycles. The van der Waals surface area contributed by atoms with Crippen molar-refractivity contribution in [2.75, 3.05) is 17.3 Å². The summed E-state index contributed by atoms with van der Waals surface area (Å²) in [5.74, 6) is -1.42. The fourth-order valence-corrected chi connectivity index (χ4v) is 2.19. The maximum atomic E-state index is 11.8. The molecule has 2 amide bonds. The molecule has 0 aliphatic heterocycles. The lowest BCUT2D eigenvalue weighted by Crippen LogP contribution is -2.37. The number of anilines is 1. The van der Waals surface area contributed by atoms with Gasteiger partial charge in [0, 0.05) is 6.26 Å². The highest BCUT2D eigenvalue weighted by Crippen LogP contribution is 2.14. The number of carbonyl (C=O) groups is 2. The largest absolute Gasteiger partial charge is 0.366 e. The molecule has 1 aromatic carbocycles. The quantitative estimate of drug-likeness (QED) is 0.650. The number of rotatable bonds is 6. The van der Waals surface area contributed by atoms with E-state index in [1.54, 1.807) is 12.1 Å². The van der Waals surface area contributed by atoms with Gasteiger partial charge in [-0.15, -0.1) is 0 Å². The zero-order chi connectivity index (χ0) is 15.3. The van der Waals surface area contributed by atoms with E-state index >= 15 is 0 Å². The average Bonchev–Trinajstić information content (AvgIpc) is 2.35. The van der Waals surface area contributed by atoms with Gasteiger partial charge in [0.2, 0.25) is 5.91 Å². The second kappa shape index (κ2) is 6.49. The summed E-state index contributed by atoms with van der Waals surface area (Å²) in [7, 11) is -3.18. The molecule has 7 nitrogen and oxygen atoms in total. The number of carbonyl (C=O) groups excluding carboxylic acids is 2. The molecule has 0 bridgehead atoms. The van der Waals surface area contributed by atoms with Crippen LogP contribution in [0.2, 0.25) is 0 Å². The van der Waals surface area contributed by atoms with E-state index in [0.717, 1.165) is 6.26 Å². The first-order valence-corrected chi connectivity index (χ1v) is 7.90. The van der Waals surface area contributed by atoms with E-state index in [1.807, 2.05) is 0 Å². The Morgan fingerprint density at radius 1 is 1.30 bits per heavy atom. The van der Waals surface area contributed by atoms with Crippen LogP contribution in [0.4, 0.5) is 5.69 Å². The van der Waals surface area contributed by atoms with Gasteiger partial charge < -0.3 is 16.8 Å². The minimum atomic E-state index is -3.18. The van der Waals surface area contributed by atoms with Crippen LogP contribution in [-0.4, -0.2) is 38.3 Å². The van der Waals surface area contributed by atoms with Gasteiger partial charge in [0.25, 0.3) is 5.91 Å². The van der Waals surface area contributed by atoms with E-state index < -0.39 is 27.7 Å². The predicted molar refractivity (Wildman–Crippen MR) is 75.9 cm³/mol. The first-order valence-electron chi connectivity index (χ1n) is 5.83. The molecule has 0 aliphatic carbocycles. The number of primary amides is 1. The second-order valence-corrected chi connectivity index (χ2v) is 6.68. The van der Waals surface area contributed by atoms with Gasteiger partial charge in [-0.3, -0.25) is 9.59 Å². The van der Waals surface area contributed by atoms with Crippen LogP contribution in [-0.2, 0) is 14.6 Å². The summed E-state index contributed by atoms with van der Waals surface area (Å²) in [5.41, 5.74) is 11.2. The number of nitrogens with two attached hydrogens (primary N) is 2. The van der Waals surface area contributed by atoms with Crippen molar-refractivity contribution in [1.82, 2.24) is 0 Å². The van der Waals surface area contributed by atoms with E-state index in [1.165, 1.54) is 12.1 Å². The summed E-state index contributed by atoms with van der Waals surface area (Å²) in [6.07, 6.45) is 1.07. The number of para-hydroxylation sites is 1. The number of nitrogens with one attached hydrogen (secondary N) is 1. The van der Waals surface area contributed by atoms with Crippen LogP contribution in [0.5, 0.6) is 0 Å². The van der Waals surface area contributed by atoms with Gasteiger partial charge in [0.1, 0.15) is 9.84 Å². The molecule has 1 aromatic rings. The summed E-state index contributed by atoms with van der Waals surface area (Å²) in [6.45, 7) is 0. The molecule has 0 heterocycles. The zero-order valence-corrected chi connectivity index (χ0v) is 11.8. The van der Waals surface area contributed by atoms with Crippen LogP contribution in [0.1, 0.15) is 16.8 Å². The lowest BCUT2D eigenvalue weighted by molar-refractivity contribution is -0.117. The first kappa shape index (κ1) is 16.1. The highest BCUT2D eigenvalue weighted by atomic mass is 32.2. The first-order chi connectivity index (χ1) is 9.20. The molecule has 110 valence electrons. The zero-order valence-electron chi connectivity index (χ0n) is 11.0. The molecule has 5 N–H and O–H groups in total. The molecule has 0 aliphatic rings. The van der Waals surface area contributed by atoms with Crippen molar-refractivity contribution in [3.8, 4) is 0 Å². The van der Waals surface area contributed by atoms with Crippen molar-refractivity contribution in [2.45, 2.75) is 12.5 Å². The Kier molecular flexibility index (Phi) is 5.23. The smallest absolute Gasteiger partial charge is 0.250 e. The molecule has 1 rings (SSSR count). The van der Waals surface area contributed by atoms with Crippen LogP contribution in [0.25, 0.3) is 0 Å². The lowest BCUT2D eigenvalue weighted by atomic mass is 10.1. The van der Waals surface area contributed by atoms with E-state index in [-0.39, 0.29) is 23.4 Å². The molecule has 8 heteroatoms. The fourth-order valence-electron chi connectivity index (χ4n) is 1.50. The molecule has 1 unspecified atom stereocenters. The number of hydrogen-bond donors (Lipinski definition) is 3. The Balaban J connectivity index is 2.73. The maximum Gasteiger partial charge on any atom is 0.250 e. The third kappa shape index (κ3) is 4.98. The molecule has 20 heavy (non-hydrogen) atoms. The fraction of sp³-hybridized carbons (Fsp3) is 0.333. The number of sulfone groups is 1. The summed E-state index contributed by atoms with van der Waals surface area (Å²) in [6, 6.07) is 5.25. The summed E-state index contributed by atoms with van der Waals surface area (Å²) in [5, 5.41) is 2.47. The van der Waals surface area contributed by atoms with Crippen molar-refractivity contribution in [2.24, 2.45) is 11.5 Å². The standard InChI is InChI=1S/C12H17N3O4S/c1-20(18,19)7-6-9(13)12(17)15-10-5-3-2-4-8(10)11(14)16/h2-5,9H,6-7,13H2,1H3,(H2,14,16)(H,15,17). The highest BCUT2D eigenvalue weighted by molar-refractivity contribution is 7.90. The van der Waals surface area contributed by atoms with Gasteiger partial charge in [-0.25, -0.2) is 8.42 Å². The minimum absolute atomic E-state index is 0.00338. The van der Waals surface area contributed by atoms with Crippen LogP contribution >= 0.6 is 0 Å². The van der Waals surface area contributed by atoms with Gasteiger partial charge in [-0.05, 0) is 18.6 Å². The van der Waals surface area contributed by atoms with Crippen LogP contribution in [0.3, 0.4) is 0 Å². The molecule has 0 spiro atoms. The summed E-state index contributed by atoms with van der Waals surface area (Å²) in [4.78, 5) is 23.0. The Morgan fingerprint density at radius 3 is 2.45 bits per heavy atom. The van der Waals surface area contributed by atoms with E-state index in [2.05, 4.69) is 5.32 Å². The molecular formula is C12H17N3O4S. The van der Waals surface area contributed by atoms with Crippen molar-refractivity contribution >= 4 is 27.3 Å². The molecule has 0 fully saturated rings. The van der Waals surface area contributed by atoms with E-state index in [9.17, 15) is 18.0 Å². The predicted octanol–water partition coefficient (Wildman–Crippen LogP) is -0.514. The minimum Gasteiger partial charge on any atom is -0.366 e. The molecule has 1 atom stereocenters. The Bertz CT molecular complexity index is 613. The van der Waals surface area contributed by atoms with Gasteiger partial charge in [-0.2, -0.15) is 0 Å². The van der Waals surface area contributed by atoms with Gasteiger partial charge in [0.05, 0.1) is 23.0 Å². The third-order valence-corrected chi connectivity index (χ3v) is 3.56. The van der Waals surface area contributed by atoms with Crippen LogP contribution in [0, 0.1) is 0 Å². The van der Waals surface area contributed by atoms with Crippen molar-refractivity contribution in [3.63, 3.8) is 0 Å². The van der Waals surface area contributed by atoms with E-state index in [0.29, 0.717) is 0 Å². The SMILES string of the molecule is CS(=O)(=O)CCC(N)C(=O)Nc1ccccc1C(N)=O. The monoisotopic (exact) mass is 299 g/mol. The molecule has 0 radical (unpaired) electrons. The Labute approximate surface area is 117 Å². The average molecular weight is 299 g/mol. The van der Waals surface area contributed by atoms with Crippen molar-refractivity contribution in [1.29, 1.82) is 0 Å². The second-order valence-electron chi connectivity index (χ2n) is 4.42. The molecule has 0 saturated heterocycles. The Morgan fingerprint density at radius 2 is 1.90 bits per heavy atom. The van der Waals surface area contributed by atoms with Gasteiger partial charge in [-0.1, -0.05) is 12.1 Å². The number of amides is 2. The number of benzene rings is 1. The molecular weight excluding hydrogens is 282 g/mol. The summed E-state index contributed by atoms with van der Waals surface area (Å²) < 4.78 is 22.0. The normalized spacial score (nSPS) is 12.7. The lowest BCUT2D eigenvalue weighted by Gasteiger charge is -2.13. The number of hydrogen-bond acceptors (Lipinski definition) is 5. The van der Waals surface area contributed by atoms with Crippen LogP contribution in [0.15, 0.2) is 24.3 Å².